The van der Waals surface area contributed by atoms with Crippen LogP contribution in [0.2, 0.25) is 0 Å². The minimum Gasteiger partial charge on any atom is -0.480 e. The van der Waals surface area contributed by atoms with Crippen molar-refractivity contribution in [1.29, 1.82) is 0 Å². The molecular weight excluding hydrogens is 254 g/mol. The van der Waals surface area contributed by atoms with Crippen LogP contribution in [0.4, 0.5) is 0 Å². The molecule has 0 radical (unpaired) electrons. The molecule has 6 heteroatoms. The molecule has 0 spiro atoms. The Kier molecular flexibility index (Phi) is 13.0. The highest BCUT2D eigenvalue weighted by Crippen LogP contribution is 2.10. The maximum absolute atomic E-state index is 10.3. The number of nitrogens with one attached hydrogen (secondary N) is 1. The average molecular weight is 282 g/mol. The molecule has 0 saturated carbocycles. The molecule has 0 rings (SSSR count). The first-order chi connectivity index (χ1) is 7.98. The van der Waals surface area contributed by atoms with E-state index in [0.717, 1.165) is 12.8 Å². The van der Waals surface area contributed by atoms with E-state index in [9.17, 15) is 4.79 Å². The van der Waals surface area contributed by atoms with Gasteiger partial charge in [0.1, 0.15) is 5.79 Å². The van der Waals surface area contributed by atoms with Gasteiger partial charge in [0.25, 0.3) is 0 Å². The lowest BCUT2D eigenvalue weighted by atomic mass is 10.1. The van der Waals surface area contributed by atoms with Crippen molar-refractivity contribution in [2.75, 3.05) is 6.54 Å². The Morgan fingerprint density at radius 3 is 2.11 bits per heavy atom. The zero-order valence-corrected chi connectivity index (χ0v) is 12.1. The number of unbranched alkanes of at least 4 members (excludes halogenated alkanes) is 6. The van der Waals surface area contributed by atoms with Crippen molar-refractivity contribution in [3.63, 3.8) is 0 Å². The van der Waals surface area contributed by atoms with Gasteiger partial charge < -0.3 is 16.6 Å². The number of carboxylic acids is 1. The van der Waals surface area contributed by atoms with Crippen LogP contribution >= 0.6 is 12.4 Å². The minimum atomic E-state index is -1.05. The summed E-state index contributed by atoms with van der Waals surface area (Å²) in [7, 11) is 0. The summed E-state index contributed by atoms with van der Waals surface area (Å²) in [6.07, 6.45) is 8.97. The predicted octanol–water partition coefficient (Wildman–Crippen LogP) is 1.79. The topological polar surface area (TPSA) is 101 Å². The van der Waals surface area contributed by atoms with Crippen molar-refractivity contribution in [3.05, 3.63) is 0 Å². The molecule has 5 nitrogen and oxygen atoms in total. The van der Waals surface area contributed by atoms with Crippen LogP contribution in [-0.2, 0) is 4.79 Å². The van der Waals surface area contributed by atoms with Crippen LogP contribution in [0.15, 0.2) is 0 Å². The highest BCUT2D eigenvalue weighted by atomic mass is 35.5. The molecule has 0 aliphatic carbocycles. The minimum absolute atomic E-state index is 0. The summed E-state index contributed by atoms with van der Waals surface area (Å²) in [6, 6.07) is 0. The van der Waals surface area contributed by atoms with Gasteiger partial charge in [0, 0.05) is 0 Å². The van der Waals surface area contributed by atoms with Gasteiger partial charge in [0.2, 0.25) is 0 Å². The molecule has 0 aromatic heterocycles. The Morgan fingerprint density at radius 2 is 1.61 bits per heavy atom. The fourth-order valence-corrected chi connectivity index (χ4v) is 1.70. The monoisotopic (exact) mass is 281 g/mol. The van der Waals surface area contributed by atoms with Gasteiger partial charge in [-0.3, -0.25) is 10.1 Å². The van der Waals surface area contributed by atoms with Crippen molar-refractivity contribution in [3.8, 4) is 0 Å². The van der Waals surface area contributed by atoms with E-state index >= 15 is 0 Å². The molecule has 0 unspecified atom stereocenters. The molecule has 0 aromatic rings. The van der Waals surface area contributed by atoms with Crippen molar-refractivity contribution in [2.45, 2.75) is 64.1 Å². The van der Waals surface area contributed by atoms with Gasteiger partial charge in [-0.1, -0.05) is 45.4 Å². The molecule has 0 saturated heterocycles. The molecule has 0 aliphatic rings. The van der Waals surface area contributed by atoms with Crippen LogP contribution in [-0.4, -0.2) is 23.4 Å². The second kappa shape index (κ2) is 11.7. The van der Waals surface area contributed by atoms with E-state index in [1.165, 1.54) is 32.1 Å². The van der Waals surface area contributed by atoms with E-state index in [2.05, 4.69) is 12.2 Å². The second-order valence-corrected chi connectivity index (χ2v) is 4.66. The number of hydrogen-bond donors (Lipinski definition) is 4. The molecular formula is C12H28ClN3O2. The Hall–Kier alpha value is -0.360. The van der Waals surface area contributed by atoms with Crippen LogP contribution in [0.3, 0.4) is 0 Å². The molecule has 0 aliphatic heterocycles. The van der Waals surface area contributed by atoms with Crippen molar-refractivity contribution < 1.29 is 9.90 Å². The number of nitrogens with two attached hydrogens (primary N) is 2. The van der Waals surface area contributed by atoms with Gasteiger partial charge in [0.05, 0.1) is 6.54 Å². The molecule has 0 amide bonds. The standard InChI is InChI=1S/C12H27N3O2.ClH/c1-2-3-4-5-6-7-8-9-12(13,14)15-10-11(16)17;/h15H,2-10,13-14H2,1H3,(H,16,17);1H. The van der Waals surface area contributed by atoms with Gasteiger partial charge in [-0.05, 0) is 12.8 Å². The van der Waals surface area contributed by atoms with Gasteiger partial charge >= 0.3 is 5.97 Å². The number of carboxylic acid groups (broad SMARTS) is 1. The van der Waals surface area contributed by atoms with E-state index in [1.807, 2.05) is 0 Å². The molecule has 0 atom stereocenters. The first kappa shape index (κ1) is 20.0. The maximum atomic E-state index is 10.3. The van der Waals surface area contributed by atoms with Crippen LogP contribution in [0.25, 0.3) is 0 Å². The molecule has 0 fully saturated rings. The normalized spacial score (nSPS) is 11.1. The summed E-state index contributed by atoms with van der Waals surface area (Å²) < 4.78 is 0. The average Bonchev–Trinajstić information content (AvgIpc) is 2.25. The van der Waals surface area contributed by atoms with Gasteiger partial charge in [0.15, 0.2) is 0 Å². The smallest absolute Gasteiger partial charge is 0.317 e. The largest absolute Gasteiger partial charge is 0.480 e. The van der Waals surface area contributed by atoms with Crippen LogP contribution in [0, 0.1) is 0 Å². The molecule has 18 heavy (non-hydrogen) atoms. The fraction of sp³-hybridized carbons (Fsp3) is 0.917. The first-order valence-corrected chi connectivity index (χ1v) is 6.52. The number of hydrogen-bond acceptors (Lipinski definition) is 4. The van der Waals surface area contributed by atoms with E-state index in [-0.39, 0.29) is 19.0 Å². The lowest BCUT2D eigenvalue weighted by Gasteiger charge is -2.25. The lowest BCUT2D eigenvalue weighted by Crippen LogP contribution is -2.62. The number of aliphatic carboxylic acids is 1. The SMILES string of the molecule is CCCCCCCCCC(N)(N)NCC(=O)O.Cl. The fourth-order valence-electron chi connectivity index (χ4n) is 1.70. The van der Waals surface area contributed by atoms with Crippen molar-refractivity contribution >= 4 is 18.4 Å². The molecule has 0 bridgehead atoms. The summed E-state index contributed by atoms with van der Waals surface area (Å²) in [5.41, 5.74) is 11.5. The molecule has 0 heterocycles. The highest BCUT2D eigenvalue weighted by molar-refractivity contribution is 5.85. The third-order valence-electron chi connectivity index (χ3n) is 2.76. The van der Waals surface area contributed by atoms with Crippen molar-refractivity contribution in [2.24, 2.45) is 11.5 Å². The molecule has 6 N–H and O–H groups in total. The Morgan fingerprint density at radius 1 is 1.11 bits per heavy atom. The maximum Gasteiger partial charge on any atom is 0.317 e. The summed E-state index contributed by atoms with van der Waals surface area (Å²) in [4.78, 5) is 10.3. The zero-order valence-electron chi connectivity index (χ0n) is 11.3. The van der Waals surface area contributed by atoms with E-state index in [0.29, 0.717) is 6.42 Å². The third kappa shape index (κ3) is 13.7. The van der Waals surface area contributed by atoms with Gasteiger partial charge in [-0.25, -0.2) is 0 Å². The van der Waals surface area contributed by atoms with Gasteiger partial charge in [-0.15, -0.1) is 12.4 Å². The number of rotatable bonds is 11. The first-order valence-electron chi connectivity index (χ1n) is 6.52. The van der Waals surface area contributed by atoms with Crippen LogP contribution in [0.1, 0.15) is 58.3 Å². The van der Waals surface area contributed by atoms with E-state index < -0.39 is 11.8 Å². The lowest BCUT2D eigenvalue weighted by molar-refractivity contribution is -0.136. The number of halogens is 1. The summed E-state index contributed by atoms with van der Waals surface area (Å²) in [5, 5.41) is 11.1. The quantitative estimate of drug-likeness (QED) is 0.342. The van der Waals surface area contributed by atoms with Crippen LogP contribution in [0.5, 0.6) is 0 Å². The number of carbonyl (C=O) groups is 1. The Balaban J connectivity index is 0. The second-order valence-electron chi connectivity index (χ2n) is 4.66. The molecule has 110 valence electrons. The Labute approximate surface area is 116 Å². The van der Waals surface area contributed by atoms with Crippen molar-refractivity contribution in [1.82, 2.24) is 5.32 Å². The Bertz CT molecular complexity index is 213. The highest BCUT2D eigenvalue weighted by Gasteiger charge is 2.18. The van der Waals surface area contributed by atoms with Crippen LogP contribution < -0.4 is 16.8 Å². The predicted molar refractivity (Wildman–Crippen MR) is 76.6 cm³/mol. The zero-order chi connectivity index (χ0) is 13.1. The van der Waals surface area contributed by atoms with Gasteiger partial charge in [-0.2, -0.15) is 0 Å². The molecule has 0 aromatic carbocycles. The van der Waals surface area contributed by atoms with E-state index in [4.69, 9.17) is 16.6 Å². The van der Waals surface area contributed by atoms with E-state index in [1.54, 1.807) is 0 Å². The summed E-state index contributed by atoms with van der Waals surface area (Å²) in [6.45, 7) is 2.01. The summed E-state index contributed by atoms with van der Waals surface area (Å²) in [5.74, 6) is -1.99. The summed E-state index contributed by atoms with van der Waals surface area (Å²) >= 11 is 0. The third-order valence-corrected chi connectivity index (χ3v) is 2.76.